The van der Waals surface area contributed by atoms with Crippen LogP contribution in [0.2, 0.25) is 6.04 Å². The van der Waals surface area contributed by atoms with E-state index in [1.165, 1.54) is 20.3 Å². The number of methoxy groups -OCH3 is 2. The van der Waals surface area contributed by atoms with Gasteiger partial charge in [0.2, 0.25) is 0 Å². The van der Waals surface area contributed by atoms with E-state index in [0.717, 1.165) is 38.1 Å². The van der Waals surface area contributed by atoms with Gasteiger partial charge in [-0.3, -0.25) is 0 Å². The number of rotatable bonds is 20. The minimum atomic E-state index is -2.55. The van der Waals surface area contributed by atoms with Crippen LogP contribution in [-0.4, -0.2) is 61.4 Å². The number of ether oxygens (including phenoxy) is 4. The molecule has 0 N–H and O–H groups in total. The van der Waals surface area contributed by atoms with Crippen LogP contribution in [0.15, 0.2) is 48.5 Å². The molecule has 0 heterocycles. The Morgan fingerprint density at radius 3 is 2.02 bits per heavy atom. The first kappa shape index (κ1) is 34.0. The third-order valence-electron chi connectivity index (χ3n) is 6.08. The normalized spacial score (nSPS) is 11.4. The molecule has 9 nitrogen and oxygen atoms in total. The molecule has 0 unspecified atom stereocenters. The maximum Gasteiger partial charge on any atom is 0.500 e. The fourth-order valence-electron chi connectivity index (χ4n) is 4.12. The van der Waals surface area contributed by atoms with E-state index >= 15 is 0 Å². The van der Waals surface area contributed by atoms with E-state index in [-0.39, 0.29) is 5.75 Å². The fourth-order valence-corrected chi connectivity index (χ4v) is 6.80. The van der Waals surface area contributed by atoms with Crippen LogP contribution in [0.25, 0.3) is 6.08 Å². The topological polar surface area (TPSA) is 98.8 Å². The van der Waals surface area contributed by atoms with Crippen molar-refractivity contribution in [2.75, 3.05) is 40.6 Å². The Labute approximate surface area is 245 Å². The summed E-state index contributed by atoms with van der Waals surface area (Å²) in [5, 5.41) is 0. The lowest BCUT2D eigenvalue weighted by atomic mass is 10.1. The van der Waals surface area contributed by atoms with E-state index in [4.69, 9.17) is 27.5 Å². The molecule has 0 bridgehead atoms. The predicted molar refractivity (Wildman–Crippen MR) is 159 cm³/mol. The number of hydrogen-bond acceptors (Lipinski definition) is 9. The minimum Gasteiger partial charge on any atom is -0.494 e. The molecule has 0 atom stereocenters. The summed E-state index contributed by atoms with van der Waals surface area (Å²) >= 11 is 0. The van der Waals surface area contributed by atoms with E-state index in [2.05, 4.69) is 4.74 Å². The highest BCUT2D eigenvalue weighted by Gasteiger charge is 2.39. The molecule has 0 aliphatic heterocycles. The van der Waals surface area contributed by atoms with Crippen LogP contribution in [0, 0.1) is 0 Å². The third-order valence-corrected chi connectivity index (χ3v) is 9.23. The summed E-state index contributed by atoms with van der Waals surface area (Å²) in [6.07, 6.45) is 8.11. The van der Waals surface area contributed by atoms with E-state index in [1.54, 1.807) is 48.5 Å². The molecule has 41 heavy (non-hydrogen) atoms. The lowest BCUT2D eigenvalue weighted by Gasteiger charge is -2.28. The maximum absolute atomic E-state index is 12.7. The molecule has 0 radical (unpaired) electrons. The number of benzene rings is 2. The average molecular weight is 589 g/mol. The summed E-state index contributed by atoms with van der Waals surface area (Å²) in [5.74, 6) is 0.351. The Bertz CT molecular complexity index is 1070. The highest BCUT2D eigenvalue weighted by atomic mass is 28.4. The maximum atomic E-state index is 12.7. The average Bonchev–Trinajstić information content (AvgIpc) is 2.98. The third kappa shape index (κ3) is 12.1. The summed E-state index contributed by atoms with van der Waals surface area (Å²) in [7, 11) is 0.240. The number of unbranched alkanes of at least 4 members (excludes halogenated alkanes) is 4. The molecule has 0 aliphatic carbocycles. The van der Waals surface area contributed by atoms with Gasteiger partial charge in [-0.15, -0.1) is 0 Å². The highest BCUT2D eigenvalue weighted by molar-refractivity contribution is 6.60. The highest BCUT2D eigenvalue weighted by Crippen LogP contribution is 2.29. The van der Waals surface area contributed by atoms with Crippen molar-refractivity contribution in [3.8, 4) is 17.2 Å². The van der Waals surface area contributed by atoms with Crippen molar-refractivity contribution in [2.24, 2.45) is 0 Å². The molecule has 0 fully saturated rings. The first-order valence-electron chi connectivity index (χ1n) is 14.2. The van der Waals surface area contributed by atoms with Gasteiger partial charge in [0.25, 0.3) is 0 Å². The zero-order valence-electron chi connectivity index (χ0n) is 24.9. The molecular formula is C31H44O9Si. The zero-order chi connectivity index (χ0) is 29.9. The van der Waals surface area contributed by atoms with Crippen molar-refractivity contribution in [3.63, 3.8) is 0 Å². The van der Waals surface area contributed by atoms with Crippen LogP contribution in [-0.2, 0) is 22.8 Å². The fraction of sp³-hybridized carbons (Fsp3) is 0.484. The second kappa shape index (κ2) is 19.0. The molecule has 2 aromatic carbocycles. The summed E-state index contributed by atoms with van der Waals surface area (Å²) in [6.45, 7) is 8.35. The van der Waals surface area contributed by atoms with Gasteiger partial charge in [0.1, 0.15) is 5.75 Å². The van der Waals surface area contributed by atoms with Crippen molar-refractivity contribution in [1.82, 2.24) is 0 Å². The van der Waals surface area contributed by atoms with E-state index in [0.29, 0.717) is 49.1 Å². The van der Waals surface area contributed by atoms with E-state index in [1.807, 2.05) is 20.8 Å². The molecule has 0 amide bonds. The number of carbonyl (C=O) groups is 2. The molecule has 0 saturated carbocycles. The largest absolute Gasteiger partial charge is 0.500 e. The van der Waals surface area contributed by atoms with Gasteiger partial charge in [-0.1, -0.05) is 25.3 Å². The number of hydrogen-bond donors (Lipinski definition) is 0. The Morgan fingerprint density at radius 1 is 0.780 bits per heavy atom. The van der Waals surface area contributed by atoms with Crippen molar-refractivity contribution in [1.29, 1.82) is 0 Å². The van der Waals surface area contributed by atoms with Gasteiger partial charge in [0.15, 0.2) is 11.5 Å². The molecule has 0 aromatic heterocycles. The van der Waals surface area contributed by atoms with E-state index in [9.17, 15) is 9.59 Å². The van der Waals surface area contributed by atoms with E-state index < -0.39 is 20.7 Å². The van der Waals surface area contributed by atoms with Gasteiger partial charge in [-0.05, 0) is 81.7 Å². The van der Waals surface area contributed by atoms with Gasteiger partial charge in [0.05, 0.1) is 26.4 Å². The van der Waals surface area contributed by atoms with Crippen LogP contribution in [0.5, 0.6) is 17.2 Å². The van der Waals surface area contributed by atoms with Crippen molar-refractivity contribution in [2.45, 2.75) is 58.9 Å². The Morgan fingerprint density at radius 2 is 1.41 bits per heavy atom. The van der Waals surface area contributed by atoms with Crippen molar-refractivity contribution in [3.05, 3.63) is 59.7 Å². The second-order valence-corrected chi connectivity index (χ2v) is 11.8. The molecule has 0 spiro atoms. The molecule has 0 aliphatic rings. The predicted octanol–water partition coefficient (Wildman–Crippen LogP) is 6.48. The first-order valence-corrected chi connectivity index (χ1v) is 16.1. The lowest BCUT2D eigenvalue weighted by Crippen LogP contribution is -2.45. The second-order valence-electron chi connectivity index (χ2n) is 9.03. The van der Waals surface area contributed by atoms with Crippen LogP contribution in [0.4, 0.5) is 0 Å². The van der Waals surface area contributed by atoms with Gasteiger partial charge < -0.3 is 32.2 Å². The summed E-state index contributed by atoms with van der Waals surface area (Å²) in [5.41, 5.74) is 1.09. The number of carbonyl (C=O) groups excluding carboxylic acids is 2. The molecular weight excluding hydrogens is 544 g/mol. The smallest absolute Gasteiger partial charge is 0.494 e. The first-order chi connectivity index (χ1) is 19.9. The van der Waals surface area contributed by atoms with Crippen LogP contribution in [0.1, 0.15) is 68.8 Å². The SMILES string of the molecule is CCO[Si](CCCCCCCOc1ccc(C(=O)Oc2ccc(C=CC(=O)OC)cc2OC)cc1)(OCC)OCC. The monoisotopic (exact) mass is 588 g/mol. The number of esters is 2. The molecule has 226 valence electrons. The van der Waals surface area contributed by atoms with Crippen molar-refractivity contribution < 1.29 is 41.8 Å². The molecule has 0 saturated heterocycles. The Hall–Kier alpha value is -3.18. The summed E-state index contributed by atoms with van der Waals surface area (Å²) in [4.78, 5) is 24.0. The summed E-state index contributed by atoms with van der Waals surface area (Å²) < 4.78 is 39.1. The quantitative estimate of drug-likeness (QED) is 0.0566. The van der Waals surface area contributed by atoms with Gasteiger partial charge in [0, 0.05) is 31.9 Å². The minimum absolute atomic E-state index is 0.273. The Kier molecular flexibility index (Phi) is 15.8. The van der Waals surface area contributed by atoms with Crippen LogP contribution < -0.4 is 14.2 Å². The molecule has 2 rings (SSSR count). The van der Waals surface area contributed by atoms with Gasteiger partial charge >= 0.3 is 20.7 Å². The van der Waals surface area contributed by atoms with Crippen molar-refractivity contribution >= 4 is 26.8 Å². The summed E-state index contributed by atoms with van der Waals surface area (Å²) in [6, 6.07) is 12.7. The zero-order valence-corrected chi connectivity index (χ0v) is 25.9. The standard InChI is InChI=1S/C31H44O9Si/c1-6-37-41(38-7-2,39-8-3)23-13-11-9-10-12-22-36-27-18-16-26(17-19-27)31(33)40-28-20-14-25(24-29(28)34-4)15-21-30(32)35-5/h14-21,24H,6-13,22-23H2,1-5H3. The molecule has 10 heteroatoms. The van der Waals surface area contributed by atoms with Crippen LogP contribution in [0.3, 0.4) is 0 Å². The molecule has 2 aromatic rings. The lowest BCUT2D eigenvalue weighted by molar-refractivity contribution is -0.134. The van der Waals surface area contributed by atoms with Crippen LogP contribution >= 0.6 is 0 Å². The van der Waals surface area contributed by atoms with Gasteiger partial charge in [-0.25, -0.2) is 9.59 Å². The van der Waals surface area contributed by atoms with Gasteiger partial charge in [-0.2, -0.15) is 0 Å². The Balaban J connectivity index is 1.75.